The Kier molecular flexibility index (Phi) is 3.27. The van der Waals surface area contributed by atoms with E-state index in [0.29, 0.717) is 0 Å². The van der Waals surface area contributed by atoms with Crippen LogP contribution in [0.3, 0.4) is 0 Å². The minimum atomic E-state index is -0.0428. The van der Waals surface area contributed by atoms with Crippen molar-refractivity contribution in [3.05, 3.63) is 47.6 Å². The van der Waals surface area contributed by atoms with Crippen LogP contribution in [-0.2, 0) is 5.41 Å². The van der Waals surface area contributed by atoms with Gasteiger partial charge < -0.3 is 10.3 Å². The molecule has 2 unspecified atom stereocenters. The van der Waals surface area contributed by atoms with E-state index in [2.05, 4.69) is 29.4 Å². The molecule has 2 atom stereocenters. The minimum absolute atomic E-state index is 0.0428. The minimum Gasteiger partial charge on any atom is -0.339 e. The zero-order chi connectivity index (χ0) is 14.3. The smallest absolute Gasteiger partial charge is 0.232 e. The number of hydrogen-bond donors (Lipinski definition) is 1. The molecule has 4 rings (SSSR count). The summed E-state index contributed by atoms with van der Waals surface area (Å²) < 4.78 is 5.57. The van der Waals surface area contributed by atoms with Crippen LogP contribution in [0.5, 0.6) is 0 Å². The number of aromatic nitrogens is 2. The molecule has 1 saturated heterocycles. The molecule has 2 aliphatic rings. The van der Waals surface area contributed by atoms with Gasteiger partial charge in [-0.05, 0) is 18.4 Å². The lowest BCUT2D eigenvalue weighted by Gasteiger charge is -2.39. The van der Waals surface area contributed by atoms with Gasteiger partial charge in [-0.25, -0.2) is 0 Å². The molecule has 1 aromatic carbocycles. The number of rotatable bonds is 3. The Labute approximate surface area is 128 Å². The fourth-order valence-electron chi connectivity index (χ4n) is 3.33. The first-order valence-corrected chi connectivity index (χ1v) is 8.68. The number of nitrogens with zero attached hydrogens (tertiary/aromatic N) is 2. The first kappa shape index (κ1) is 13.3. The quantitative estimate of drug-likeness (QED) is 0.944. The maximum absolute atomic E-state index is 6.14. The van der Waals surface area contributed by atoms with Gasteiger partial charge in [0.2, 0.25) is 5.89 Å². The van der Waals surface area contributed by atoms with Gasteiger partial charge in [-0.2, -0.15) is 16.7 Å². The van der Waals surface area contributed by atoms with Crippen LogP contribution < -0.4 is 5.73 Å². The van der Waals surface area contributed by atoms with Crippen LogP contribution in [0.1, 0.15) is 42.5 Å². The predicted octanol–water partition coefficient (Wildman–Crippen LogP) is 2.70. The van der Waals surface area contributed by atoms with E-state index in [1.165, 1.54) is 12.0 Å². The maximum Gasteiger partial charge on any atom is 0.232 e. The molecule has 1 aliphatic heterocycles. The van der Waals surface area contributed by atoms with Crippen LogP contribution in [0.4, 0.5) is 0 Å². The van der Waals surface area contributed by atoms with E-state index in [1.54, 1.807) is 0 Å². The molecule has 110 valence electrons. The molecular formula is C16H19N3OS. The van der Waals surface area contributed by atoms with Crippen molar-refractivity contribution in [1.82, 2.24) is 10.1 Å². The molecule has 0 radical (unpaired) electrons. The molecular weight excluding hydrogens is 282 g/mol. The molecule has 2 aromatic rings. The molecule has 4 nitrogen and oxygen atoms in total. The van der Waals surface area contributed by atoms with Gasteiger partial charge in [0, 0.05) is 17.5 Å². The summed E-state index contributed by atoms with van der Waals surface area (Å²) in [7, 11) is 0. The van der Waals surface area contributed by atoms with Gasteiger partial charge in [-0.15, -0.1) is 0 Å². The number of thioether (sulfide) groups is 1. The summed E-state index contributed by atoms with van der Waals surface area (Å²) in [6.07, 6.45) is 3.42. The first-order valence-electron chi connectivity index (χ1n) is 7.52. The van der Waals surface area contributed by atoms with E-state index < -0.39 is 0 Å². The van der Waals surface area contributed by atoms with Gasteiger partial charge in [0.05, 0.1) is 11.3 Å². The lowest BCUT2D eigenvalue weighted by molar-refractivity contribution is 0.269. The third-order valence-corrected chi connectivity index (χ3v) is 6.06. The Morgan fingerprint density at radius 3 is 2.62 bits per heavy atom. The SMILES string of the molecule is NC1CSCC1c1nc(C2(c3ccccc3)CCC2)no1. The van der Waals surface area contributed by atoms with Gasteiger partial charge in [-0.1, -0.05) is 41.9 Å². The van der Waals surface area contributed by atoms with E-state index in [1.807, 2.05) is 17.8 Å². The molecule has 1 aromatic heterocycles. The van der Waals surface area contributed by atoms with Gasteiger partial charge >= 0.3 is 0 Å². The van der Waals surface area contributed by atoms with Crippen LogP contribution in [0.25, 0.3) is 0 Å². The second kappa shape index (κ2) is 5.14. The topological polar surface area (TPSA) is 64.9 Å². The molecule has 1 aliphatic carbocycles. The van der Waals surface area contributed by atoms with Crippen molar-refractivity contribution in [2.24, 2.45) is 5.73 Å². The summed E-state index contributed by atoms with van der Waals surface area (Å²) in [6.45, 7) is 0. The van der Waals surface area contributed by atoms with E-state index in [4.69, 9.17) is 15.2 Å². The third-order valence-electron chi connectivity index (χ3n) is 4.84. The fourth-order valence-corrected chi connectivity index (χ4v) is 4.62. The summed E-state index contributed by atoms with van der Waals surface area (Å²) >= 11 is 1.87. The van der Waals surface area contributed by atoms with Crippen molar-refractivity contribution in [2.45, 2.75) is 36.6 Å². The molecule has 21 heavy (non-hydrogen) atoms. The highest BCUT2D eigenvalue weighted by molar-refractivity contribution is 7.99. The Balaban J connectivity index is 1.68. The monoisotopic (exact) mass is 301 g/mol. The molecule has 0 bridgehead atoms. The van der Waals surface area contributed by atoms with E-state index in [-0.39, 0.29) is 17.4 Å². The zero-order valence-electron chi connectivity index (χ0n) is 11.9. The number of nitrogens with two attached hydrogens (primary N) is 1. The van der Waals surface area contributed by atoms with Crippen molar-refractivity contribution < 1.29 is 4.52 Å². The Morgan fingerprint density at radius 2 is 2.00 bits per heavy atom. The van der Waals surface area contributed by atoms with Gasteiger partial charge in [0.15, 0.2) is 5.82 Å². The second-order valence-corrected chi connectivity index (χ2v) is 7.14. The average Bonchev–Trinajstić information content (AvgIpc) is 3.08. The summed E-state index contributed by atoms with van der Waals surface area (Å²) in [5.41, 5.74) is 7.40. The van der Waals surface area contributed by atoms with Crippen molar-refractivity contribution in [2.75, 3.05) is 11.5 Å². The van der Waals surface area contributed by atoms with Crippen molar-refractivity contribution in [3.8, 4) is 0 Å². The zero-order valence-corrected chi connectivity index (χ0v) is 12.7. The Hall–Kier alpha value is -1.33. The summed E-state index contributed by atoms with van der Waals surface area (Å²) in [4.78, 5) is 4.74. The third kappa shape index (κ3) is 2.10. The molecule has 5 heteroatoms. The second-order valence-electron chi connectivity index (χ2n) is 6.07. The lowest BCUT2D eigenvalue weighted by atomic mass is 9.64. The van der Waals surface area contributed by atoms with E-state index >= 15 is 0 Å². The normalized spacial score (nSPS) is 27.5. The average molecular weight is 301 g/mol. The standard InChI is InChI=1S/C16H19N3OS/c17-13-10-21-9-12(13)14-18-15(19-20-14)16(7-4-8-16)11-5-2-1-3-6-11/h1-3,5-6,12-13H,4,7-10,17H2. The highest BCUT2D eigenvalue weighted by Gasteiger charge is 2.45. The summed E-state index contributed by atoms with van der Waals surface area (Å²) in [5, 5.41) is 4.31. The molecule has 0 spiro atoms. The molecule has 2 N–H and O–H groups in total. The van der Waals surface area contributed by atoms with Gasteiger partial charge in [0.25, 0.3) is 0 Å². The number of hydrogen-bond acceptors (Lipinski definition) is 5. The molecule has 2 heterocycles. The lowest BCUT2D eigenvalue weighted by Crippen LogP contribution is -2.36. The van der Waals surface area contributed by atoms with Crippen molar-refractivity contribution in [3.63, 3.8) is 0 Å². The first-order chi connectivity index (χ1) is 10.3. The number of benzene rings is 1. The maximum atomic E-state index is 6.14. The van der Waals surface area contributed by atoms with Crippen molar-refractivity contribution >= 4 is 11.8 Å². The van der Waals surface area contributed by atoms with Crippen LogP contribution >= 0.6 is 11.8 Å². The summed E-state index contributed by atoms with van der Waals surface area (Å²) in [5.74, 6) is 3.75. The highest BCUT2D eigenvalue weighted by Crippen LogP contribution is 2.48. The fraction of sp³-hybridized carbons (Fsp3) is 0.500. The van der Waals surface area contributed by atoms with E-state index in [9.17, 15) is 0 Å². The van der Waals surface area contributed by atoms with E-state index in [0.717, 1.165) is 36.1 Å². The summed E-state index contributed by atoms with van der Waals surface area (Å²) in [6, 6.07) is 10.7. The van der Waals surface area contributed by atoms with Crippen LogP contribution in [0.2, 0.25) is 0 Å². The largest absolute Gasteiger partial charge is 0.339 e. The molecule has 1 saturated carbocycles. The predicted molar refractivity (Wildman–Crippen MR) is 83.4 cm³/mol. The Bertz CT molecular complexity index is 623. The van der Waals surface area contributed by atoms with Gasteiger partial charge in [0.1, 0.15) is 0 Å². The Morgan fingerprint density at radius 1 is 1.19 bits per heavy atom. The van der Waals surface area contributed by atoms with Crippen molar-refractivity contribution in [1.29, 1.82) is 0 Å². The van der Waals surface area contributed by atoms with Gasteiger partial charge in [-0.3, -0.25) is 0 Å². The van der Waals surface area contributed by atoms with Crippen LogP contribution in [0, 0.1) is 0 Å². The van der Waals surface area contributed by atoms with Crippen LogP contribution in [0.15, 0.2) is 34.9 Å². The van der Waals surface area contributed by atoms with Crippen LogP contribution in [-0.4, -0.2) is 27.7 Å². The molecule has 2 fully saturated rings. The highest BCUT2D eigenvalue weighted by atomic mass is 32.2. The molecule has 0 amide bonds.